The van der Waals surface area contributed by atoms with Crippen molar-refractivity contribution < 1.29 is 9.47 Å². The lowest BCUT2D eigenvalue weighted by Crippen LogP contribution is -1.87. The molecule has 0 fully saturated rings. The Morgan fingerprint density at radius 2 is 0.909 bits per heavy atom. The van der Waals surface area contributed by atoms with Gasteiger partial charge in [-0.15, -0.1) is 0 Å². The van der Waals surface area contributed by atoms with E-state index in [-0.39, 0.29) is 0 Å². The fraction of sp³-hybridized carbons (Fsp3) is 0.125. The predicted octanol–water partition coefficient (Wildman–Crippen LogP) is 6.49. The van der Waals surface area contributed by atoms with Gasteiger partial charge in [-0.3, -0.25) is 0 Å². The maximum Gasteiger partial charge on any atom is 0.121 e. The third-order valence-electron chi connectivity index (χ3n) is 2.99. The molecule has 6 heteroatoms. The van der Waals surface area contributed by atoms with Gasteiger partial charge in [0.1, 0.15) is 11.5 Å². The lowest BCUT2D eigenvalue weighted by atomic mass is 10.1. The molecule has 0 saturated carbocycles. The third-order valence-corrected chi connectivity index (χ3v) is 4.24. The van der Waals surface area contributed by atoms with Crippen LogP contribution in [0.15, 0.2) is 24.3 Å². The van der Waals surface area contributed by atoms with Gasteiger partial charge in [0.2, 0.25) is 0 Å². The van der Waals surface area contributed by atoms with E-state index in [0.29, 0.717) is 42.7 Å². The summed E-state index contributed by atoms with van der Waals surface area (Å²) in [5.74, 6) is 1.18. The van der Waals surface area contributed by atoms with Crippen LogP contribution in [0.25, 0.3) is 12.2 Å². The molecule has 0 aliphatic heterocycles. The van der Waals surface area contributed by atoms with E-state index in [4.69, 9.17) is 55.9 Å². The normalized spacial score (nSPS) is 11.0. The van der Waals surface area contributed by atoms with Gasteiger partial charge in [-0.25, -0.2) is 0 Å². The van der Waals surface area contributed by atoms with Crippen LogP contribution in [0.3, 0.4) is 0 Å². The summed E-state index contributed by atoms with van der Waals surface area (Å²) in [6.45, 7) is 0. The van der Waals surface area contributed by atoms with Crippen molar-refractivity contribution in [3.05, 3.63) is 55.5 Å². The number of hydrogen-bond donors (Lipinski definition) is 0. The van der Waals surface area contributed by atoms with Crippen molar-refractivity contribution in [2.24, 2.45) is 0 Å². The Hall–Kier alpha value is -1.06. The van der Waals surface area contributed by atoms with E-state index in [2.05, 4.69) is 0 Å². The van der Waals surface area contributed by atoms with Crippen molar-refractivity contribution in [2.75, 3.05) is 14.2 Å². The lowest BCUT2D eigenvalue weighted by Gasteiger charge is -2.08. The van der Waals surface area contributed by atoms with Crippen LogP contribution in [0.5, 0.6) is 11.5 Å². The van der Waals surface area contributed by atoms with Gasteiger partial charge in [0.05, 0.1) is 34.3 Å². The molecule has 2 aromatic carbocycles. The minimum Gasteiger partial charge on any atom is -0.497 e. The van der Waals surface area contributed by atoms with Gasteiger partial charge in [-0.2, -0.15) is 0 Å². The number of benzene rings is 2. The summed E-state index contributed by atoms with van der Waals surface area (Å²) in [7, 11) is 3.10. The fourth-order valence-corrected chi connectivity index (χ4v) is 3.03. The third kappa shape index (κ3) is 3.82. The Kier molecular flexibility index (Phi) is 5.87. The van der Waals surface area contributed by atoms with Crippen LogP contribution in [0.1, 0.15) is 11.1 Å². The van der Waals surface area contributed by atoms with E-state index in [0.717, 1.165) is 0 Å². The van der Waals surface area contributed by atoms with Crippen LogP contribution >= 0.6 is 46.4 Å². The average Bonchev–Trinajstić information content (AvgIpc) is 2.47. The van der Waals surface area contributed by atoms with Gasteiger partial charge in [0, 0.05) is 11.1 Å². The summed E-state index contributed by atoms with van der Waals surface area (Å²) in [5, 5.41) is 1.89. The van der Waals surface area contributed by atoms with Crippen LogP contribution in [0.4, 0.5) is 0 Å². The summed E-state index contributed by atoms with van der Waals surface area (Å²) in [4.78, 5) is 0. The summed E-state index contributed by atoms with van der Waals surface area (Å²) in [6, 6.07) is 6.74. The van der Waals surface area contributed by atoms with Crippen LogP contribution < -0.4 is 9.47 Å². The lowest BCUT2D eigenvalue weighted by molar-refractivity contribution is 0.414. The summed E-state index contributed by atoms with van der Waals surface area (Å²) in [5.41, 5.74) is 1.32. The molecule has 0 spiro atoms. The second kappa shape index (κ2) is 7.47. The maximum absolute atomic E-state index is 6.21. The van der Waals surface area contributed by atoms with Gasteiger partial charge in [-0.05, 0) is 24.3 Å². The Labute approximate surface area is 149 Å². The Morgan fingerprint density at radius 3 is 1.14 bits per heavy atom. The van der Waals surface area contributed by atoms with Gasteiger partial charge in [-0.1, -0.05) is 58.6 Å². The van der Waals surface area contributed by atoms with E-state index < -0.39 is 0 Å². The monoisotopic (exact) mass is 376 g/mol. The van der Waals surface area contributed by atoms with Crippen molar-refractivity contribution in [1.82, 2.24) is 0 Å². The maximum atomic E-state index is 6.21. The number of rotatable bonds is 4. The molecule has 0 bridgehead atoms. The molecule has 0 amide bonds. The van der Waals surface area contributed by atoms with Crippen molar-refractivity contribution in [3.8, 4) is 11.5 Å². The minimum atomic E-state index is 0.473. The summed E-state index contributed by atoms with van der Waals surface area (Å²) < 4.78 is 10.2. The van der Waals surface area contributed by atoms with Crippen LogP contribution in [0, 0.1) is 0 Å². The largest absolute Gasteiger partial charge is 0.497 e. The molecular formula is C16H12Cl4O2. The first-order valence-corrected chi connectivity index (χ1v) is 7.71. The van der Waals surface area contributed by atoms with Gasteiger partial charge >= 0.3 is 0 Å². The number of hydrogen-bond acceptors (Lipinski definition) is 2. The molecule has 0 heterocycles. The SMILES string of the molecule is COc1cc(Cl)c(C=Cc2c(Cl)cc(OC)cc2Cl)c(Cl)c1. The quantitative estimate of drug-likeness (QED) is 0.567. The van der Waals surface area contributed by atoms with E-state index in [1.165, 1.54) is 0 Å². The van der Waals surface area contributed by atoms with Crippen molar-refractivity contribution in [1.29, 1.82) is 0 Å². The molecule has 0 aliphatic rings. The second-order valence-corrected chi connectivity index (χ2v) is 5.97. The van der Waals surface area contributed by atoms with Gasteiger partial charge < -0.3 is 9.47 Å². The number of methoxy groups -OCH3 is 2. The highest BCUT2D eigenvalue weighted by Gasteiger charge is 2.09. The molecule has 2 aromatic rings. The zero-order valence-corrected chi connectivity index (χ0v) is 14.8. The molecule has 0 atom stereocenters. The van der Waals surface area contributed by atoms with Crippen LogP contribution in [-0.2, 0) is 0 Å². The first-order valence-electron chi connectivity index (χ1n) is 6.20. The summed E-state index contributed by atoms with van der Waals surface area (Å²) in [6.07, 6.45) is 3.51. The highest BCUT2D eigenvalue weighted by molar-refractivity contribution is 6.39. The van der Waals surface area contributed by atoms with Crippen molar-refractivity contribution >= 4 is 58.6 Å². The van der Waals surface area contributed by atoms with E-state index in [9.17, 15) is 0 Å². The molecule has 0 aliphatic carbocycles. The molecular weight excluding hydrogens is 366 g/mol. The Morgan fingerprint density at radius 1 is 0.636 bits per heavy atom. The first-order chi connectivity index (χ1) is 10.5. The van der Waals surface area contributed by atoms with E-state index in [1.54, 1.807) is 50.6 Å². The molecule has 0 radical (unpaired) electrons. The van der Waals surface area contributed by atoms with Crippen molar-refractivity contribution in [2.45, 2.75) is 0 Å². The molecule has 0 N–H and O–H groups in total. The molecule has 0 saturated heterocycles. The summed E-state index contributed by atoms with van der Waals surface area (Å²) >= 11 is 24.8. The molecule has 0 aromatic heterocycles. The van der Waals surface area contributed by atoms with Gasteiger partial charge in [0.25, 0.3) is 0 Å². The van der Waals surface area contributed by atoms with E-state index >= 15 is 0 Å². The molecule has 22 heavy (non-hydrogen) atoms. The fourth-order valence-electron chi connectivity index (χ4n) is 1.84. The number of halogens is 4. The molecule has 116 valence electrons. The topological polar surface area (TPSA) is 18.5 Å². The zero-order valence-electron chi connectivity index (χ0n) is 11.8. The highest BCUT2D eigenvalue weighted by atomic mass is 35.5. The Balaban J connectivity index is 2.41. The standard InChI is InChI=1S/C16H12Cl4O2/c1-21-9-5-13(17)11(14(18)6-9)3-4-12-15(19)7-10(22-2)8-16(12)20/h3-8H,1-2H3. The van der Waals surface area contributed by atoms with Crippen LogP contribution in [-0.4, -0.2) is 14.2 Å². The zero-order chi connectivity index (χ0) is 16.3. The molecule has 2 nitrogen and oxygen atoms in total. The van der Waals surface area contributed by atoms with Crippen molar-refractivity contribution in [3.63, 3.8) is 0 Å². The average molecular weight is 378 g/mol. The van der Waals surface area contributed by atoms with Gasteiger partial charge in [0.15, 0.2) is 0 Å². The number of ether oxygens (including phenoxy) is 2. The predicted molar refractivity (Wildman–Crippen MR) is 95.0 cm³/mol. The smallest absolute Gasteiger partial charge is 0.121 e. The minimum absolute atomic E-state index is 0.473. The van der Waals surface area contributed by atoms with Crippen LogP contribution in [0.2, 0.25) is 20.1 Å². The Bertz CT molecular complexity index is 619. The highest BCUT2D eigenvalue weighted by Crippen LogP contribution is 2.35. The van der Waals surface area contributed by atoms with E-state index in [1.807, 2.05) is 0 Å². The first kappa shape index (κ1) is 17.3. The molecule has 0 unspecified atom stereocenters. The molecule has 2 rings (SSSR count). The second-order valence-electron chi connectivity index (χ2n) is 4.34.